The molecule has 0 spiro atoms. The number of piperazine rings is 1. The molecule has 1 saturated carbocycles. The Balaban J connectivity index is 0.615. The van der Waals surface area contributed by atoms with E-state index >= 15 is 4.39 Å². The highest BCUT2D eigenvalue weighted by atomic mass is 32.1. The van der Waals surface area contributed by atoms with Crippen LogP contribution in [0.3, 0.4) is 0 Å². The number of nitrogens with one attached hydrogen (secondary N) is 5. The Bertz CT molecular complexity index is 3030. The number of nitrogens with zero attached hydrogens (tertiary/aromatic N) is 8. The minimum absolute atomic E-state index is 0.0112. The molecule has 4 aromatic heterocycles. The number of fused-ring (bicyclic) bond motifs is 1. The smallest absolute Gasteiger partial charge is 0.254 e. The van der Waals surface area contributed by atoms with E-state index in [1.807, 2.05) is 68.1 Å². The maximum atomic E-state index is 15.6. The number of rotatable bonds is 25. The number of aliphatic hydroxyl groups excluding tert-OH is 2. The van der Waals surface area contributed by atoms with Gasteiger partial charge in [0.15, 0.2) is 11.5 Å². The van der Waals surface area contributed by atoms with Crippen molar-refractivity contribution in [3.63, 3.8) is 0 Å². The highest BCUT2D eigenvalue weighted by molar-refractivity contribution is 7.13. The Hall–Kier alpha value is -6.77. The quantitative estimate of drug-likeness (QED) is 0.0317. The number of aromatic amines is 1. The Labute approximate surface area is 461 Å². The van der Waals surface area contributed by atoms with E-state index in [9.17, 15) is 29.4 Å². The predicted octanol–water partition coefficient (Wildman–Crippen LogP) is 3.84. The minimum Gasteiger partial charge on any atom is -0.391 e. The molecule has 2 aromatic carbocycles. The van der Waals surface area contributed by atoms with Crippen molar-refractivity contribution in [1.82, 2.24) is 60.2 Å². The molecule has 6 aromatic rings. The summed E-state index contributed by atoms with van der Waals surface area (Å²) in [6.45, 7) is 11.3. The number of hydrogen-bond acceptors (Lipinski definition) is 17. The number of imidazole rings is 1. The van der Waals surface area contributed by atoms with Gasteiger partial charge in [0, 0.05) is 88.2 Å². The van der Waals surface area contributed by atoms with Crippen LogP contribution in [0.4, 0.5) is 15.9 Å². The maximum absolute atomic E-state index is 15.6. The molecule has 6 heterocycles. The molecule has 24 heteroatoms. The van der Waals surface area contributed by atoms with Gasteiger partial charge in [-0.2, -0.15) is 5.10 Å². The van der Waals surface area contributed by atoms with E-state index in [0.29, 0.717) is 56.7 Å². The van der Waals surface area contributed by atoms with Crippen molar-refractivity contribution in [2.24, 2.45) is 5.41 Å². The summed E-state index contributed by atoms with van der Waals surface area (Å²) in [5.41, 5.74) is 7.60. The molecule has 3 fully saturated rings. The zero-order chi connectivity index (χ0) is 55.6. The normalized spacial score (nSPS) is 17.8. The first-order valence-corrected chi connectivity index (χ1v) is 27.6. The first kappa shape index (κ1) is 56.9. The number of hydrogen-bond donors (Lipinski definition) is 7. The van der Waals surface area contributed by atoms with Crippen LogP contribution in [0.15, 0.2) is 72.8 Å². The molecule has 2 aliphatic heterocycles. The molecule has 1 unspecified atom stereocenters. The predicted molar refractivity (Wildman–Crippen MR) is 293 cm³/mol. The lowest BCUT2D eigenvalue weighted by atomic mass is 9.85. The highest BCUT2D eigenvalue weighted by Gasteiger charge is 2.44. The van der Waals surface area contributed by atoms with Crippen LogP contribution in [0.1, 0.15) is 73.3 Å². The second-order valence-electron chi connectivity index (χ2n) is 21.2. The molecule has 7 N–H and O–H groups in total. The van der Waals surface area contributed by atoms with Crippen molar-refractivity contribution in [2.75, 3.05) is 90.8 Å². The molecule has 422 valence electrons. The first-order chi connectivity index (χ1) is 38.1. The second-order valence-corrected chi connectivity index (χ2v) is 22.1. The lowest BCUT2D eigenvalue weighted by Crippen LogP contribution is -2.59. The number of amides is 4. The fourth-order valence-electron chi connectivity index (χ4n) is 9.67. The lowest BCUT2D eigenvalue weighted by Gasteiger charge is -2.36. The number of benzene rings is 2. The van der Waals surface area contributed by atoms with Crippen molar-refractivity contribution >= 4 is 52.1 Å². The van der Waals surface area contributed by atoms with Crippen LogP contribution < -0.4 is 21.3 Å². The number of carbonyl (C=O) groups excluding carboxylic acids is 4. The molecule has 0 radical (unpaired) electrons. The van der Waals surface area contributed by atoms with Gasteiger partial charge < -0.3 is 50.2 Å². The molecule has 4 amide bonds. The molecule has 4 atom stereocenters. The van der Waals surface area contributed by atoms with Crippen LogP contribution in [0.2, 0.25) is 0 Å². The molecule has 9 rings (SSSR count). The van der Waals surface area contributed by atoms with Gasteiger partial charge in [0.05, 0.1) is 90.7 Å². The van der Waals surface area contributed by atoms with Gasteiger partial charge in [0.2, 0.25) is 17.7 Å². The van der Waals surface area contributed by atoms with Crippen LogP contribution in [0.25, 0.3) is 27.3 Å². The number of thiazole rings is 1. The summed E-state index contributed by atoms with van der Waals surface area (Å²) in [4.78, 5) is 73.4. The van der Waals surface area contributed by atoms with E-state index in [2.05, 4.69) is 46.3 Å². The monoisotopic (exact) mass is 1110 g/mol. The van der Waals surface area contributed by atoms with Crippen LogP contribution in [0, 0.1) is 18.2 Å². The van der Waals surface area contributed by atoms with E-state index in [-0.39, 0.29) is 88.1 Å². The van der Waals surface area contributed by atoms with Gasteiger partial charge in [-0.25, -0.2) is 19.3 Å². The second kappa shape index (κ2) is 26.0. The zero-order valence-electron chi connectivity index (χ0n) is 45.0. The van der Waals surface area contributed by atoms with Crippen molar-refractivity contribution in [3.8, 4) is 21.7 Å². The van der Waals surface area contributed by atoms with E-state index < -0.39 is 41.6 Å². The van der Waals surface area contributed by atoms with Gasteiger partial charge in [0.1, 0.15) is 24.7 Å². The number of likely N-dealkylation sites (tertiary alicyclic amines) is 1. The third-order valence-corrected chi connectivity index (χ3v) is 15.2. The summed E-state index contributed by atoms with van der Waals surface area (Å²) >= 11 is 1.57. The standard InChI is InChI=1S/C55H70FN13O9S/c1-34-48(79-33-60-34)37-7-5-35(6-8-37)25-59-52(73)44-24-40(70)29-69(44)54(75)49(55(2,3)4)65-47(72)32-78-22-20-76-19-21-77-31-46(71)57-13-14-66-15-17-67(18-16-66)53(74)38-11-12-42(41(56)23-38)63-50-51-58-28-45(39-26-61-62-27-39)68(51)30-43(64-50)36-9-10-36/h5-8,11-12,23,26-28,30,33,36,40,44,47,49,65,70,72H,9-10,13-22,24-25,29,31-32H2,1-4H3,(H,57,71)(H,59,73)(H,61,62)(H,63,64)/t40-,44+,47?,49-/m1/s1. The van der Waals surface area contributed by atoms with Gasteiger partial charge in [0.25, 0.3) is 5.91 Å². The van der Waals surface area contributed by atoms with Crippen molar-refractivity contribution in [1.29, 1.82) is 0 Å². The number of ether oxygens (including phenoxy) is 3. The fourth-order valence-corrected chi connectivity index (χ4v) is 10.5. The summed E-state index contributed by atoms with van der Waals surface area (Å²) < 4.78 is 34.2. The average molecular weight is 1110 g/mol. The number of H-pyrrole nitrogens is 1. The van der Waals surface area contributed by atoms with E-state index in [1.54, 1.807) is 47.0 Å². The third kappa shape index (κ3) is 14.7. The van der Waals surface area contributed by atoms with Gasteiger partial charge >= 0.3 is 0 Å². The Morgan fingerprint density at radius 3 is 2.39 bits per heavy atom. The first-order valence-electron chi connectivity index (χ1n) is 26.7. The largest absolute Gasteiger partial charge is 0.391 e. The van der Waals surface area contributed by atoms with Crippen molar-refractivity contribution < 1.29 is 48.0 Å². The molecule has 1 aliphatic carbocycles. The summed E-state index contributed by atoms with van der Waals surface area (Å²) in [6, 6.07) is 10.5. The van der Waals surface area contributed by atoms with Gasteiger partial charge in [-0.3, -0.25) is 38.9 Å². The van der Waals surface area contributed by atoms with Crippen LogP contribution >= 0.6 is 11.3 Å². The number of halogens is 1. The van der Waals surface area contributed by atoms with Crippen molar-refractivity contribution in [3.05, 3.63) is 101 Å². The number of aliphatic hydroxyl groups is 2. The van der Waals surface area contributed by atoms with E-state index in [0.717, 1.165) is 51.5 Å². The number of β-amino-alcohol motifs (C(OH)–C–C–N with tert-alkyl or cyclic N) is 1. The Morgan fingerprint density at radius 1 is 0.937 bits per heavy atom. The minimum atomic E-state index is -1.22. The number of anilines is 2. The lowest BCUT2D eigenvalue weighted by molar-refractivity contribution is -0.143. The van der Waals surface area contributed by atoms with Crippen LogP contribution in [-0.4, -0.2) is 188 Å². The molecular formula is C55H70FN13O9S. The topological polar surface area (TPSA) is 266 Å². The van der Waals surface area contributed by atoms with Gasteiger partial charge in [-0.15, -0.1) is 11.3 Å². The summed E-state index contributed by atoms with van der Waals surface area (Å²) in [7, 11) is 0. The SMILES string of the molecule is Cc1ncsc1-c1ccc(CNC(=O)[C@@H]2C[C@@H](O)CN2C(=O)[C@@H](NC(O)COCCOCCOCC(=O)NCCN2CCN(C(=O)c3ccc(Nc4nc(C5CC5)cn5c(-c6cn[nH]c6)cnc45)c(F)c3)CC2)C(C)(C)C)cc1. The summed E-state index contributed by atoms with van der Waals surface area (Å²) in [6.07, 6.45) is 7.30. The molecule has 2 saturated heterocycles. The van der Waals surface area contributed by atoms with Crippen LogP contribution in [0.5, 0.6) is 0 Å². The summed E-state index contributed by atoms with van der Waals surface area (Å²) in [5.74, 6) is -1.13. The zero-order valence-corrected chi connectivity index (χ0v) is 45.8. The molecular weight excluding hydrogens is 1040 g/mol. The molecule has 79 heavy (non-hydrogen) atoms. The van der Waals surface area contributed by atoms with Crippen LogP contribution in [-0.2, 0) is 35.1 Å². The van der Waals surface area contributed by atoms with E-state index in [1.165, 1.54) is 11.0 Å². The highest BCUT2D eigenvalue weighted by Crippen LogP contribution is 2.41. The van der Waals surface area contributed by atoms with Crippen molar-refractivity contribution in [2.45, 2.75) is 83.8 Å². The Morgan fingerprint density at radius 2 is 1.70 bits per heavy atom. The molecule has 3 aliphatic rings. The Kier molecular flexibility index (Phi) is 18.7. The third-order valence-electron chi connectivity index (χ3n) is 14.2. The van der Waals surface area contributed by atoms with Gasteiger partial charge in [-0.05, 0) is 54.5 Å². The summed E-state index contributed by atoms with van der Waals surface area (Å²) in [5, 5.41) is 40.2. The molecule has 0 bridgehead atoms. The van der Waals surface area contributed by atoms with Gasteiger partial charge in [-0.1, -0.05) is 45.0 Å². The number of aryl methyl sites for hydroxylation is 1. The average Bonchev–Trinajstić information content (AvgIpc) is 4.05. The fraction of sp³-hybridized carbons (Fsp3) is 0.491. The van der Waals surface area contributed by atoms with E-state index in [4.69, 9.17) is 19.2 Å². The molecule has 22 nitrogen and oxygen atoms in total. The number of carbonyl (C=O) groups is 4. The number of aromatic nitrogens is 6. The maximum Gasteiger partial charge on any atom is 0.254 e.